The summed E-state index contributed by atoms with van der Waals surface area (Å²) < 4.78 is 6.60. The van der Waals surface area contributed by atoms with Crippen molar-refractivity contribution < 1.29 is 14.6 Å². The van der Waals surface area contributed by atoms with E-state index in [-0.39, 0.29) is 12.0 Å². The van der Waals surface area contributed by atoms with E-state index in [1.165, 1.54) is 6.20 Å². The van der Waals surface area contributed by atoms with Crippen molar-refractivity contribution in [3.63, 3.8) is 0 Å². The third-order valence-corrected chi connectivity index (χ3v) is 5.75. The van der Waals surface area contributed by atoms with Crippen LogP contribution in [0.3, 0.4) is 0 Å². The number of hydrogen-bond donors (Lipinski definition) is 2. The van der Waals surface area contributed by atoms with E-state index in [2.05, 4.69) is 20.3 Å². The number of aromatic nitrogens is 5. The first-order valence-corrected chi connectivity index (χ1v) is 11.1. The summed E-state index contributed by atoms with van der Waals surface area (Å²) in [6.07, 6.45) is 3.61. The van der Waals surface area contributed by atoms with Crippen LogP contribution in [0, 0.1) is 6.92 Å². The Hall–Kier alpha value is -3.72. The minimum absolute atomic E-state index is 0.152. The van der Waals surface area contributed by atoms with Gasteiger partial charge < -0.3 is 15.2 Å². The number of fused-ring (bicyclic) bond motifs is 1. The van der Waals surface area contributed by atoms with Crippen molar-refractivity contribution in [2.45, 2.75) is 39.7 Å². The molecule has 10 heteroatoms. The Labute approximate surface area is 201 Å². The molecule has 4 rings (SSSR count). The number of ether oxygens (including phenoxy) is 1. The second-order valence-electron chi connectivity index (χ2n) is 8.27. The van der Waals surface area contributed by atoms with Crippen molar-refractivity contribution in [2.75, 3.05) is 12.4 Å². The molecule has 0 saturated carbocycles. The molecule has 9 nitrogen and oxygen atoms in total. The van der Waals surface area contributed by atoms with Crippen LogP contribution in [0.25, 0.3) is 22.3 Å². The van der Waals surface area contributed by atoms with Gasteiger partial charge in [-0.1, -0.05) is 24.6 Å². The molecule has 34 heavy (non-hydrogen) atoms. The Morgan fingerprint density at radius 3 is 2.56 bits per heavy atom. The highest BCUT2D eigenvalue weighted by Gasteiger charge is 2.22. The summed E-state index contributed by atoms with van der Waals surface area (Å²) in [6.45, 7) is 7.93. The summed E-state index contributed by atoms with van der Waals surface area (Å²) in [5, 5.41) is 13.9. The fraction of sp³-hybridized carbons (Fsp3) is 0.292. The molecule has 4 aromatic heterocycles. The minimum atomic E-state index is -1.11. The molecule has 4 aromatic rings. The summed E-state index contributed by atoms with van der Waals surface area (Å²) in [5.74, 6) is 0.761. The number of methoxy groups -OCH3 is 1. The van der Waals surface area contributed by atoms with Gasteiger partial charge in [0.05, 0.1) is 23.4 Å². The molecule has 0 aliphatic rings. The molecular weight excluding hydrogens is 456 g/mol. The molecular formula is C24H25ClN6O3. The number of halogens is 1. The van der Waals surface area contributed by atoms with E-state index in [1.54, 1.807) is 25.6 Å². The predicted octanol–water partition coefficient (Wildman–Crippen LogP) is 5.36. The normalized spacial score (nSPS) is 12.2. The molecule has 0 fully saturated rings. The standard InChI is InChI=1S/C24H25ClN6O3/c1-12(2)28-23-27-10-18(22(30-23)34-5)20-7-6-16(14(4)29-20)13(3)19-11-31(24(32)33)21-17(19)8-15(25)9-26-21/h6-13H,1-5H3,(H,32,33)(H,27,28,30). The highest BCUT2D eigenvalue weighted by atomic mass is 35.5. The zero-order chi connectivity index (χ0) is 24.6. The highest BCUT2D eigenvalue weighted by Crippen LogP contribution is 2.35. The first-order chi connectivity index (χ1) is 16.2. The Morgan fingerprint density at radius 2 is 1.91 bits per heavy atom. The van der Waals surface area contributed by atoms with Crippen LogP contribution in [0.2, 0.25) is 5.02 Å². The van der Waals surface area contributed by atoms with Gasteiger partial charge in [-0.15, -0.1) is 0 Å². The molecule has 2 N–H and O–H groups in total. The lowest BCUT2D eigenvalue weighted by atomic mass is 9.92. The SMILES string of the molecule is COc1nc(NC(C)C)ncc1-c1ccc(C(C)c2cn(C(=O)O)c3ncc(Cl)cc23)c(C)n1. The minimum Gasteiger partial charge on any atom is -0.480 e. The smallest absolute Gasteiger partial charge is 0.417 e. The van der Waals surface area contributed by atoms with Crippen LogP contribution in [0.5, 0.6) is 5.88 Å². The van der Waals surface area contributed by atoms with Crippen LogP contribution in [-0.4, -0.2) is 48.9 Å². The van der Waals surface area contributed by atoms with E-state index in [0.717, 1.165) is 21.4 Å². The molecule has 176 valence electrons. The van der Waals surface area contributed by atoms with Gasteiger partial charge in [-0.2, -0.15) is 4.98 Å². The van der Waals surface area contributed by atoms with Gasteiger partial charge in [-0.3, -0.25) is 4.98 Å². The third kappa shape index (κ3) is 4.38. The molecule has 0 radical (unpaired) electrons. The van der Waals surface area contributed by atoms with E-state index < -0.39 is 6.09 Å². The van der Waals surface area contributed by atoms with Crippen molar-refractivity contribution in [1.82, 2.24) is 24.5 Å². The van der Waals surface area contributed by atoms with E-state index in [0.29, 0.717) is 39.1 Å². The average molecular weight is 481 g/mol. The van der Waals surface area contributed by atoms with Crippen LogP contribution >= 0.6 is 11.6 Å². The molecule has 0 aromatic carbocycles. The van der Waals surface area contributed by atoms with E-state index >= 15 is 0 Å². The summed E-state index contributed by atoms with van der Waals surface area (Å²) >= 11 is 6.16. The van der Waals surface area contributed by atoms with Gasteiger partial charge in [0.15, 0.2) is 0 Å². The maximum atomic E-state index is 11.7. The zero-order valence-corrected chi connectivity index (χ0v) is 20.3. The number of nitrogens with one attached hydrogen (secondary N) is 1. The van der Waals surface area contributed by atoms with Gasteiger partial charge in [-0.05, 0) is 44.0 Å². The number of hydrogen-bond acceptors (Lipinski definition) is 7. The molecule has 0 amide bonds. The lowest BCUT2D eigenvalue weighted by molar-refractivity contribution is 0.197. The molecule has 0 spiro atoms. The first-order valence-electron chi connectivity index (χ1n) is 10.7. The topological polar surface area (TPSA) is 115 Å². The fourth-order valence-electron chi connectivity index (χ4n) is 3.97. The second-order valence-corrected chi connectivity index (χ2v) is 8.71. The average Bonchev–Trinajstić information content (AvgIpc) is 3.17. The van der Waals surface area contributed by atoms with Crippen LogP contribution in [-0.2, 0) is 0 Å². The second kappa shape index (κ2) is 9.26. The van der Waals surface area contributed by atoms with Gasteiger partial charge in [0.25, 0.3) is 0 Å². The number of pyridine rings is 2. The summed E-state index contributed by atoms with van der Waals surface area (Å²) in [5.41, 5.74) is 4.25. The Balaban J connectivity index is 1.74. The van der Waals surface area contributed by atoms with Crippen molar-refractivity contribution in [2.24, 2.45) is 0 Å². The number of aryl methyl sites for hydroxylation is 1. The molecule has 0 bridgehead atoms. The summed E-state index contributed by atoms with van der Waals surface area (Å²) in [6, 6.07) is 5.79. The lowest BCUT2D eigenvalue weighted by Gasteiger charge is -2.16. The Kier molecular flexibility index (Phi) is 6.39. The number of carboxylic acid groups (broad SMARTS) is 1. The van der Waals surface area contributed by atoms with Gasteiger partial charge >= 0.3 is 6.09 Å². The van der Waals surface area contributed by atoms with Crippen LogP contribution in [0.1, 0.15) is 43.5 Å². The van der Waals surface area contributed by atoms with Crippen LogP contribution < -0.4 is 10.1 Å². The Morgan fingerprint density at radius 1 is 1.15 bits per heavy atom. The van der Waals surface area contributed by atoms with Gasteiger partial charge in [0.2, 0.25) is 11.8 Å². The number of carbonyl (C=O) groups is 1. The quantitative estimate of drug-likeness (QED) is 0.379. The maximum absolute atomic E-state index is 11.7. The molecule has 1 unspecified atom stereocenters. The Bertz CT molecular complexity index is 1380. The van der Waals surface area contributed by atoms with Crippen LogP contribution in [0.15, 0.2) is 36.8 Å². The van der Waals surface area contributed by atoms with Crippen LogP contribution in [0.4, 0.5) is 10.7 Å². The van der Waals surface area contributed by atoms with Gasteiger partial charge in [-0.25, -0.2) is 19.3 Å². The highest BCUT2D eigenvalue weighted by molar-refractivity contribution is 6.31. The molecule has 4 heterocycles. The van der Waals surface area contributed by atoms with Gasteiger partial charge in [0.1, 0.15) is 5.65 Å². The lowest BCUT2D eigenvalue weighted by Crippen LogP contribution is -2.13. The fourth-order valence-corrected chi connectivity index (χ4v) is 4.13. The molecule has 0 aliphatic carbocycles. The zero-order valence-electron chi connectivity index (χ0n) is 19.5. The number of anilines is 1. The number of rotatable bonds is 6. The van der Waals surface area contributed by atoms with Crippen molar-refractivity contribution in [3.05, 3.63) is 58.6 Å². The first kappa shape index (κ1) is 23.4. The van der Waals surface area contributed by atoms with Crippen molar-refractivity contribution >= 4 is 34.7 Å². The monoisotopic (exact) mass is 480 g/mol. The van der Waals surface area contributed by atoms with E-state index in [4.69, 9.17) is 21.3 Å². The predicted molar refractivity (Wildman–Crippen MR) is 131 cm³/mol. The van der Waals surface area contributed by atoms with Crippen molar-refractivity contribution in [1.29, 1.82) is 0 Å². The molecule has 0 aliphatic heterocycles. The van der Waals surface area contributed by atoms with Crippen molar-refractivity contribution in [3.8, 4) is 17.1 Å². The summed E-state index contributed by atoms with van der Waals surface area (Å²) in [7, 11) is 1.56. The summed E-state index contributed by atoms with van der Waals surface area (Å²) in [4.78, 5) is 29.6. The van der Waals surface area contributed by atoms with E-state index in [1.807, 2.05) is 39.8 Å². The number of nitrogens with zero attached hydrogens (tertiary/aromatic N) is 5. The maximum Gasteiger partial charge on any atom is 0.417 e. The van der Waals surface area contributed by atoms with E-state index in [9.17, 15) is 9.90 Å². The molecule has 0 saturated heterocycles. The molecule has 1 atom stereocenters. The van der Waals surface area contributed by atoms with Gasteiger partial charge in [0, 0.05) is 41.6 Å². The third-order valence-electron chi connectivity index (χ3n) is 5.55. The largest absolute Gasteiger partial charge is 0.480 e.